The molecule has 0 saturated carbocycles. The Morgan fingerprint density at radius 2 is 1.76 bits per heavy atom. The van der Waals surface area contributed by atoms with E-state index in [0.717, 1.165) is 10.8 Å². The van der Waals surface area contributed by atoms with Crippen molar-refractivity contribution in [3.63, 3.8) is 0 Å². The summed E-state index contributed by atoms with van der Waals surface area (Å²) >= 11 is 4.61. The molecule has 0 bridgehead atoms. The third-order valence-corrected chi connectivity index (χ3v) is 2.44. The first-order valence-electron chi connectivity index (χ1n) is 5.02. The molecular formula is C12H11N3OS. The summed E-state index contributed by atoms with van der Waals surface area (Å²) in [4.78, 5) is 11.9. The summed E-state index contributed by atoms with van der Waals surface area (Å²) in [7, 11) is 0. The van der Waals surface area contributed by atoms with Gasteiger partial charge in [0, 0.05) is 5.56 Å². The van der Waals surface area contributed by atoms with E-state index in [-0.39, 0.29) is 11.0 Å². The third-order valence-electron chi connectivity index (χ3n) is 2.33. The standard InChI is InChI=1S/C12H11N3OS/c13-12(17)15-14-11(16)10-7-3-5-8-4-1-2-6-9(8)10/h1-7H,(H,14,16)(H3,13,15,17). The highest BCUT2D eigenvalue weighted by Crippen LogP contribution is 2.17. The van der Waals surface area contributed by atoms with Crippen molar-refractivity contribution in [2.24, 2.45) is 5.73 Å². The predicted molar refractivity (Wildman–Crippen MR) is 71.3 cm³/mol. The second-order valence-corrected chi connectivity index (χ2v) is 3.91. The van der Waals surface area contributed by atoms with Gasteiger partial charge in [0.25, 0.3) is 5.91 Å². The van der Waals surface area contributed by atoms with Crippen LogP contribution in [0.15, 0.2) is 42.5 Å². The van der Waals surface area contributed by atoms with Crippen molar-refractivity contribution in [3.8, 4) is 0 Å². The van der Waals surface area contributed by atoms with E-state index in [0.29, 0.717) is 5.56 Å². The van der Waals surface area contributed by atoms with Gasteiger partial charge in [0.2, 0.25) is 0 Å². The number of rotatable bonds is 1. The van der Waals surface area contributed by atoms with Crippen molar-refractivity contribution in [1.29, 1.82) is 0 Å². The molecule has 0 atom stereocenters. The van der Waals surface area contributed by atoms with Crippen molar-refractivity contribution in [2.75, 3.05) is 0 Å². The van der Waals surface area contributed by atoms with Crippen LogP contribution in [0.2, 0.25) is 0 Å². The van der Waals surface area contributed by atoms with E-state index in [9.17, 15) is 4.79 Å². The SMILES string of the molecule is NC(=S)NNC(=O)c1cccc2ccccc12. The molecule has 0 saturated heterocycles. The number of hydrazine groups is 1. The van der Waals surface area contributed by atoms with Crippen LogP contribution >= 0.6 is 12.2 Å². The summed E-state index contributed by atoms with van der Waals surface area (Å²) in [6.07, 6.45) is 0. The Balaban J connectivity index is 2.35. The van der Waals surface area contributed by atoms with E-state index in [2.05, 4.69) is 23.1 Å². The van der Waals surface area contributed by atoms with E-state index in [4.69, 9.17) is 5.73 Å². The fraction of sp³-hybridized carbons (Fsp3) is 0. The predicted octanol–water partition coefficient (Wildman–Crippen LogP) is 1.32. The molecule has 0 aliphatic carbocycles. The second-order valence-electron chi connectivity index (χ2n) is 3.47. The summed E-state index contributed by atoms with van der Waals surface area (Å²) in [6, 6.07) is 13.2. The maximum absolute atomic E-state index is 11.9. The molecule has 4 N–H and O–H groups in total. The lowest BCUT2D eigenvalue weighted by Gasteiger charge is -2.08. The molecule has 0 spiro atoms. The molecule has 0 aliphatic rings. The first kappa shape index (κ1) is 11.3. The van der Waals surface area contributed by atoms with E-state index in [1.54, 1.807) is 6.07 Å². The van der Waals surface area contributed by atoms with Gasteiger partial charge in [0.05, 0.1) is 0 Å². The zero-order chi connectivity index (χ0) is 12.3. The number of carbonyl (C=O) groups excluding carboxylic acids is 1. The highest BCUT2D eigenvalue weighted by molar-refractivity contribution is 7.80. The van der Waals surface area contributed by atoms with Crippen LogP contribution in [0, 0.1) is 0 Å². The number of nitrogens with one attached hydrogen (secondary N) is 2. The molecule has 0 heterocycles. The van der Waals surface area contributed by atoms with Crippen LogP contribution in [0.4, 0.5) is 0 Å². The molecule has 1 amide bonds. The van der Waals surface area contributed by atoms with Gasteiger partial charge >= 0.3 is 0 Å². The van der Waals surface area contributed by atoms with E-state index in [1.165, 1.54) is 0 Å². The zero-order valence-corrected chi connectivity index (χ0v) is 9.75. The van der Waals surface area contributed by atoms with Crippen molar-refractivity contribution >= 4 is 34.0 Å². The quantitative estimate of drug-likeness (QED) is 0.523. The van der Waals surface area contributed by atoms with Crippen molar-refractivity contribution in [2.45, 2.75) is 0 Å². The maximum Gasteiger partial charge on any atom is 0.270 e. The summed E-state index contributed by atoms with van der Waals surface area (Å²) in [5.74, 6) is -0.269. The lowest BCUT2D eigenvalue weighted by atomic mass is 10.0. The van der Waals surface area contributed by atoms with Crippen LogP contribution in [0.5, 0.6) is 0 Å². The van der Waals surface area contributed by atoms with Crippen molar-refractivity contribution in [1.82, 2.24) is 10.9 Å². The highest BCUT2D eigenvalue weighted by Gasteiger charge is 2.08. The molecule has 0 radical (unpaired) electrons. The number of carbonyl (C=O) groups is 1. The minimum absolute atomic E-state index is 0.0265. The van der Waals surface area contributed by atoms with Gasteiger partial charge in [-0.05, 0) is 29.1 Å². The van der Waals surface area contributed by atoms with Gasteiger partial charge in [-0.25, -0.2) is 0 Å². The van der Waals surface area contributed by atoms with Crippen LogP contribution in [-0.2, 0) is 0 Å². The van der Waals surface area contributed by atoms with Gasteiger partial charge in [-0.2, -0.15) is 0 Å². The van der Waals surface area contributed by atoms with Gasteiger partial charge < -0.3 is 5.73 Å². The Kier molecular flexibility index (Phi) is 3.20. The van der Waals surface area contributed by atoms with Crippen LogP contribution < -0.4 is 16.6 Å². The summed E-state index contributed by atoms with van der Waals surface area (Å²) in [6.45, 7) is 0. The fourth-order valence-corrected chi connectivity index (χ4v) is 1.66. The Morgan fingerprint density at radius 3 is 2.53 bits per heavy atom. The first-order valence-corrected chi connectivity index (χ1v) is 5.43. The molecule has 2 aromatic carbocycles. The number of benzene rings is 2. The zero-order valence-electron chi connectivity index (χ0n) is 8.94. The fourth-order valence-electron chi connectivity index (χ4n) is 1.61. The molecule has 0 aliphatic heterocycles. The van der Waals surface area contributed by atoms with Crippen LogP contribution in [-0.4, -0.2) is 11.0 Å². The number of hydrogen-bond donors (Lipinski definition) is 3. The lowest BCUT2D eigenvalue weighted by Crippen LogP contribution is -2.44. The lowest BCUT2D eigenvalue weighted by molar-refractivity contribution is 0.0945. The molecular weight excluding hydrogens is 234 g/mol. The molecule has 5 heteroatoms. The van der Waals surface area contributed by atoms with Gasteiger partial charge in [-0.1, -0.05) is 36.4 Å². The summed E-state index contributed by atoms with van der Waals surface area (Å²) < 4.78 is 0. The summed E-state index contributed by atoms with van der Waals surface area (Å²) in [5.41, 5.74) is 10.7. The van der Waals surface area contributed by atoms with Crippen molar-refractivity contribution < 1.29 is 4.79 Å². The Morgan fingerprint density at radius 1 is 1.06 bits per heavy atom. The number of nitrogens with two attached hydrogens (primary N) is 1. The molecule has 2 aromatic rings. The Hall–Kier alpha value is -2.14. The second kappa shape index (κ2) is 4.80. The smallest absolute Gasteiger partial charge is 0.270 e. The summed E-state index contributed by atoms with van der Waals surface area (Å²) in [5, 5.41) is 1.92. The molecule has 86 valence electrons. The molecule has 0 aromatic heterocycles. The first-order chi connectivity index (χ1) is 8.18. The molecule has 17 heavy (non-hydrogen) atoms. The largest absolute Gasteiger partial charge is 0.375 e. The van der Waals surface area contributed by atoms with Crippen molar-refractivity contribution in [3.05, 3.63) is 48.0 Å². The topological polar surface area (TPSA) is 67.2 Å². The van der Waals surface area contributed by atoms with Crippen LogP contribution in [0.3, 0.4) is 0 Å². The monoisotopic (exact) mass is 245 g/mol. The third kappa shape index (κ3) is 2.51. The maximum atomic E-state index is 11.9. The Labute approximate surface area is 104 Å². The highest BCUT2D eigenvalue weighted by atomic mass is 32.1. The molecule has 4 nitrogen and oxygen atoms in total. The minimum Gasteiger partial charge on any atom is -0.375 e. The number of amides is 1. The molecule has 0 fully saturated rings. The van der Waals surface area contributed by atoms with E-state index in [1.807, 2.05) is 36.4 Å². The number of thiocarbonyl (C=S) groups is 1. The van der Waals surface area contributed by atoms with Crippen LogP contribution in [0.1, 0.15) is 10.4 Å². The van der Waals surface area contributed by atoms with Gasteiger partial charge in [-0.15, -0.1) is 0 Å². The molecule has 0 unspecified atom stereocenters. The normalized spacial score (nSPS) is 9.88. The van der Waals surface area contributed by atoms with Gasteiger partial charge in [0.1, 0.15) is 0 Å². The minimum atomic E-state index is -0.269. The number of fused-ring (bicyclic) bond motifs is 1. The Bertz CT molecular complexity index is 577. The van der Waals surface area contributed by atoms with E-state index < -0.39 is 0 Å². The number of hydrogen-bond acceptors (Lipinski definition) is 2. The van der Waals surface area contributed by atoms with Gasteiger partial charge in [-0.3, -0.25) is 15.6 Å². The van der Waals surface area contributed by atoms with Gasteiger partial charge in [0.15, 0.2) is 5.11 Å². The average molecular weight is 245 g/mol. The average Bonchev–Trinajstić information content (AvgIpc) is 2.35. The van der Waals surface area contributed by atoms with E-state index >= 15 is 0 Å². The molecule has 2 rings (SSSR count). The van der Waals surface area contributed by atoms with Crippen LogP contribution in [0.25, 0.3) is 10.8 Å².